The smallest absolute Gasteiger partial charge is 0.0663 e. The van der Waals surface area contributed by atoms with Crippen LogP contribution in [-0.4, -0.2) is 26.8 Å². The Labute approximate surface area is 98.2 Å². The molecule has 2 N–H and O–H groups in total. The molecule has 0 spiro atoms. The fourth-order valence-corrected chi connectivity index (χ4v) is 1.78. The average Bonchev–Trinajstić information content (AvgIpc) is 2.28. The molecule has 0 radical (unpaired) electrons. The number of likely N-dealkylation sites (N-methyl/N-ethyl adjacent to an activating group) is 1. The molecule has 0 saturated heterocycles. The first-order chi connectivity index (χ1) is 7.57. The maximum atomic E-state index is 5.97. The van der Waals surface area contributed by atoms with Gasteiger partial charge in [0.25, 0.3) is 0 Å². The highest BCUT2D eigenvalue weighted by molar-refractivity contribution is 5.54. The predicted molar refractivity (Wildman–Crippen MR) is 68.8 cm³/mol. The van der Waals surface area contributed by atoms with E-state index < -0.39 is 0 Å². The molecule has 0 amide bonds. The number of para-hydroxylation sites is 1. The first kappa shape index (κ1) is 13.0. The van der Waals surface area contributed by atoms with Crippen LogP contribution in [0, 0.1) is 0 Å². The molecule has 2 atom stereocenters. The van der Waals surface area contributed by atoms with E-state index in [9.17, 15) is 0 Å². The lowest BCUT2D eigenvalue weighted by Crippen LogP contribution is -2.33. The molecule has 0 aromatic heterocycles. The van der Waals surface area contributed by atoms with Gasteiger partial charge in [-0.3, -0.25) is 0 Å². The van der Waals surface area contributed by atoms with Gasteiger partial charge in [0.1, 0.15) is 0 Å². The number of methoxy groups -OCH3 is 1. The van der Waals surface area contributed by atoms with Crippen molar-refractivity contribution in [3.8, 4) is 0 Å². The summed E-state index contributed by atoms with van der Waals surface area (Å²) < 4.78 is 5.17. The van der Waals surface area contributed by atoms with Gasteiger partial charge in [0.05, 0.1) is 6.61 Å². The van der Waals surface area contributed by atoms with Crippen molar-refractivity contribution in [3.63, 3.8) is 0 Å². The van der Waals surface area contributed by atoms with Crippen LogP contribution >= 0.6 is 0 Å². The zero-order valence-electron chi connectivity index (χ0n) is 10.6. The molecule has 0 saturated carbocycles. The Bertz CT molecular complexity index is 325. The molecular weight excluding hydrogens is 200 g/mol. The molecule has 16 heavy (non-hydrogen) atoms. The molecule has 1 unspecified atom stereocenters. The van der Waals surface area contributed by atoms with Crippen LogP contribution in [0.1, 0.15) is 25.5 Å². The van der Waals surface area contributed by atoms with Crippen molar-refractivity contribution in [2.45, 2.75) is 25.9 Å². The van der Waals surface area contributed by atoms with E-state index in [4.69, 9.17) is 10.5 Å². The van der Waals surface area contributed by atoms with Crippen LogP contribution < -0.4 is 10.6 Å². The highest BCUT2D eigenvalue weighted by atomic mass is 16.5. The fourth-order valence-electron chi connectivity index (χ4n) is 1.78. The molecule has 0 heterocycles. The summed E-state index contributed by atoms with van der Waals surface area (Å²) in [6.07, 6.45) is 0. The maximum absolute atomic E-state index is 5.97. The molecule has 3 heteroatoms. The quantitative estimate of drug-likeness (QED) is 0.830. The van der Waals surface area contributed by atoms with Gasteiger partial charge in [-0.15, -0.1) is 0 Å². The van der Waals surface area contributed by atoms with E-state index in [0.717, 1.165) is 0 Å². The Morgan fingerprint density at radius 2 is 1.94 bits per heavy atom. The number of hydrogen-bond acceptors (Lipinski definition) is 3. The van der Waals surface area contributed by atoms with Crippen molar-refractivity contribution in [2.75, 3.05) is 25.7 Å². The summed E-state index contributed by atoms with van der Waals surface area (Å²) in [5, 5.41) is 0. The Balaban J connectivity index is 2.93. The van der Waals surface area contributed by atoms with Gasteiger partial charge in [0, 0.05) is 31.9 Å². The van der Waals surface area contributed by atoms with Crippen LogP contribution in [0.2, 0.25) is 0 Å². The molecule has 1 rings (SSSR count). The number of nitrogens with zero attached hydrogens (tertiary/aromatic N) is 1. The second-order valence-electron chi connectivity index (χ2n) is 4.26. The van der Waals surface area contributed by atoms with Crippen molar-refractivity contribution in [3.05, 3.63) is 29.8 Å². The zero-order chi connectivity index (χ0) is 12.1. The van der Waals surface area contributed by atoms with E-state index in [1.165, 1.54) is 11.3 Å². The number of hydrogen-bond donors (Lipinski definition) is 1. The molecule has 0 fully saturated rings. The number of ether oxygens (including phenoxy) is 1. The van der Waals surface area contributed by atoms with Gasteiger partial charge < -0.3 is 15.4 Å². The highest BCUT2D eigenvalue weighted by Gasteiger charge is 2.14. The van der Waals surface area contributed by atoms with Crippen molar-refractivity contribution in [1.29, 1.82) is 0 Å². The molecule has 0 aliphatic heterocycles. The summed E-state index contributed by atoms with van der Waals surface area (Å²) in [6, 6.07) is 8.63. The standard InChI is InChI=1S/C13H22N2O/c1-10(9-16-4)15(3)13-8-6-5-7-12(13)11(2)14/h5-8,10-11H,9,14H2,1-4H3/t10?,11-/m0/s1. The average molecular weight is 222 g/mol. The predicted octanol–water partition coefficient (Wildman–Crippen LogP) is 2.18. The largest absolute Gasteiger partial charge is 0.383 e. The minimum atomic E-state index is 0.0494. The van der Waals surface area contributed by atoms with Gasteiger partial charge >= 0.3 is 0 Å². The number of anilines is 1. The lowest BCUT2D eigenvalue weighted by Gasteiger charge is -2.29. The minimum Gasteiger partial charge on any atom is -0.383 e. The number of benzene rings is 1. The van der Waals surface area contributed by atoms with Crippen LogP contribution in [0.15, 0.2) is 24.3 Å². The van der Waals surface area contributed by atoms with Crippen LogP contribution in [0.4, 0.5) is 5.69 Å². The van der Waals surface area contributed by atoms with Gasteiger partial charge in [-0.05, 0) is 25.5 Å². The molecule has 0 aliphatic carbocycles. The van der Waals surface area contributed by atoms with Gasteiger partial charge in [-0.25, -0.2) is 0 Å². The van der Waals surface area contributed by atoms with Gasteiger partial charge in [0.15, 0.2) is 0 Å². The van der Waals surface area contributed by atoms with Crippen LogP contribution in [-0.2, 0) is 4.74 Å². The lowest BCUT2D eigenvalue weighted by atomic mass is 10.1. The van der Waals surface area contributed by atoms with E-state index in [1.807, 2.05) is 19.1 Å². The SMILES string of the molecule is COCC(C)N(C)c1ccccc1[C@H](C)N. The summed E-state index contributed by atoms with van der Waals surface area (Å²) in [7, 11) is 3.80. The van der Waals surface area contributed by atoms with Crippen LogP contribution in [0.25, 0.3) is 0 Å². The minimum absolute atomic E-state index is 0.0494. The Morgan fingerprint density at radius 3 is 2.50 bits per heavy atom. The zero-order valence-corrected chi connectivity index (χ0v) is 10.6. The van der Waals surface area contributed by atoms with E-state index in [0.29, 0.717) is 12.6 Å². The fraction of sp³-hybridized carbons (Fsp3) is 0.538. The summed E-state index contributed by atoms with van der Waals surface area (Å²) in [6.45, 7) is 4.86. The monoisotopic (exact) mass is 222 g/mol. The topological polar surface area (TPSA) is 38.5 Å². The second-order valence-corrected chi connectivity index (χ2v) is 4.26. The van der Waals surface area contributed by atoms with Gasteiger partial charge in [-0.1, -0.05) is 18.2 Å². The van der Waals surface area contributed by atoms with Crippen molar-refractivity contribution >= 4 is 5.69 Å². The van der Waals surface area contributed by atoms with E-state index in [1.54, 1.807) is 7.11 Å². The molecule has 0 bridgehead atoms. The third-order valence-electron chi connectivity index (χ3n) is 2.88. The first-order valence-electron chi connectivity index (χ1n) is 5.64. The van der Waals surface area contributed by atoms with E-state index in [-0.39, 0.29) is 6.04 Å². The summed E-state index contributed by atoms with van der Waals surface area (Å²) >= 11 is 0. The van der Waals surface area contributed by atoms with Crippen LogP contribution in [0.5, 0.6) is 0 Å². The van der Waals surface area contributed by atoms with E-state index >= 15 is 0 Å². The second kappa shape index (κ2) is 5.87. The Kier molecular flexibility index (Phi) is 4.77. The van der Waals surface area contributed by atoms with Crippen molar-refractivity contribution < 1.29 is 4.74 Å². The molecule has 1 aromatic rings. The molecule has 90 valence electrons. The molecule has 1 aromatic carbocycles. The summed E-state index contributed by atoms with van der Waals surface area (Å²) in [4.78, 5) is 2.21. The van der Waals surface area contributed by atoms with Crippen molar-refractivity contribution in [1.82, 2.24) is 0 Å². The Morgan fingerprint density at radius 1 is 1.31 bits per heavy atom. The highest BCUT2D eigenvalue weighted by Crippen LogP contribution is 2.25. The summed E-state index contributed by atoms with van der Waals surface area (Å²) in [5.74, 6) is 0. The Hall–Kier alpha value is -1.06. The number of rotatable bonds is 5. The van der Waals surface area contributed by atoms with Gasteiger partial charge in [0.2, 0.25) is 0 Å². The lowest BCUT2D eigenvalue weighted by molar-refractivity contribution is 0.183. The third-order valence-corrected chi connectivity index (χ3v) is 2.88. The molecular formula is C13H22N2O. The van der Waals surface area contributed by atoms with Gasteiger partial charge in [-0.2, -0.15) is 0 Å². The third kappa shape index (κ3) is 2.97. The normalized spacial score (nSPS) is 14.6. The summed E-state index contributed by atoms with van der Waals surface area (Å²) in [5.41, 5.74) is 8.32. The molecule has 0 aliphatic rings. The molecule has 3 nitrogen and oxygen atoms in total. The van der Waals surface area contributed by atoms with Crippen molar-refractivity contribution in [2.24, 2.45) is 5.73 Å². The maximum Gasteiger partial charge on any atom is 0.0663 e. The van der Waals surface area contributed by atoms with E-state index in [2.05, 4.69) is 31.0 Å². The first-order valence-corrected chi connectivity index (χ1v) is 5.64. The van der Waals surface area contributed by atoms with Crippen LogP contribution in [0.3, 0.4) is 0 Å². The number of nitrogens with two attached hydrogens (primary N) is 1.